The largest absolute Gasteiger partial charge is 0.444 e. The smallest absolute Gasteiger partial charge is 0.405 e. The number of nitrogens with two attached hydrogens (primary N) is 2. The molecule has 4 saturated carbocycles. The van der Waals surface area contributed by atoms with Crippen LogP contribution in [0.1, 0.15) is 59.3 Å². The van der Waals surface area contributed by atoms with E-state index in [4.69, 9.17) is 11.5 Å². The van der Waals surface area contributed by atoms with Gasteiger partial charge in [-0.3, -0.25) is 0 Å². The molecule has 0 aromatic rings. The van der Waals surface area contributed by atoms with Gasteiger partial charge in [-0.1, -0.05) is 0 Å². The molecular weight excluding hydrogens is 240 g/mol. The first-order valence-electron chi connectivity index (χ1n) is 7.42. The molecule has 0 unspecified atom stereocenters. The van der Waals surface area contributed by atoms with E-state index in [2.05, 4.69) is 4.74 Å². The van der Waals surface area contributed by atoms with Crippen LogP contribution < -0.4 is 11.5 Å². The summed E-state index contributed by atoms with van der Waals surface area (Å²) in [7, 11) is 0. The van der Waals surface area contributed by atoms with Crippen molar-refractivity contribution in [2.24, 2.45) is 29.2 Å². The number of ether oxygens (including phenoxy) is 1. The first-order chi connectivity index (χ1) is 8.65. The van der Waals surface area contributed by atoms with Crippen LogP contribution in [0.4, 0.5) is 4.79 Å². The van der Waals surface area contributed by atoms with E-state index in [1.165, 1.54) is 38.5 Å². The Bertz CT molecular complexity index is 311. The number of amides is 1. The van der Waals surface area contributed by atoms with Gasteiger partial charge in [0.2, 0.25) is 0 Å². The third-order valence-corrected chi connectivity index (χ3v) is 4.49. The van der Waals surface area contributed by atoms with Gasteiger partial charge in [0.25, 0.3) is 0 Å². The molecule has 110 valence electrons. The Balaban J connectivity index is 0.000000151. The van der Waals surface area contributed by atoms with Crippen LogP contribution in [-0.2, 0) is 4.74 Å². The van der Waals surface area contributed by atoms with Crippen molar-refractivity contribution in [1.82, 2.24) is 0 Å². The minimum atomic E-state index is -0.725. The number of primary amides is 1. The highest BCUT2D eigenvalue weighted by Crippen LogP contribution is 2.54. The summed E-state index contributed by atoms with van der Waals surface area (Å²) in [5.41, 5.74) is 10.9. The van der Waals surface area contributed by atoms with Gasteiger partial charge in [0.15, 0.2) is 0 Å². The molecule has 4 rings (SSSR count). The lowest BCUT2D eigenvalue weighted by Gasteiger charge is -2.55. The van der Waals surface area contributed by atoms with Gasteiger partial charge in [-0.05, 0) is 77.0 Å². The van der Waals surface area contributed by atoms with Gasteiger partial charge < -0.3 is 16.2 Å². The van der Waals surface area contributed by atoms with Gasteiger partial charge in [0.05, 0.1) is 0 Å². The van der Waals surface area contributed by atoms with Crippen LogP contribution in [-0.4, -0.2) is 17.2 Å². The number of rotatable bonds is 0. The molecule has 4 fully saturated rings. The van der Waals surface area contributed by atoms with Crippen molar-refractivity contribution in [3.05, 3.63) is 0 Å². The van der Waals surface area contributed by atoms with Crippen molar-refractivity contribution in [1.29, 1.82) is 0 Å². The lowest BCUT2D eigenvalue weighted by atomic mass is 9.53. The summed E-state index contributed by atoms with van der Waals surface area (Å²) in [6, 6.07) is 0. The SMILES string of the molecule is CC(C)(C)OC(N)=O.NC12CC3CC(CC(C3)C1)C2. The molecule has 0 heterocycles. The molecule has 4 heteroatoms. The summed E-state index contributed by atoms with van der Waals surface area (Å²) in [5.74, 6) is 3.06. The van der Waals surface area contributed by atoms with E-state index in [9.17, 15) is 4.79 Å². The lowest BCUT2D eigenvalue weighted by Crippen LogP contribution is -2.55. The number of carbonyl (C=O) groups is 1. The fraction of sp³-hybridized carbons (Fsp3) is 0.933. The first-order valence-corrected chi connectivity index (χ1v) is 7.42. The summed E-state index contributed by atoms with van der Waals surface area (Å²) in [6.45, 7) is 5.28. The van der Waals surface area contributed by atoms with Gasteiger partial charge in [-0.25, -0.2) is 4.79 Å². The van der Waals surface area contributed by atoms with Gasteiger partial charge >= 0.3 is 6.09 Å². The number of carbonyl (C=O) groups excluding carboxylic acids is 1. The van der Waals surface area contributed by atoms with E-state index in [0.717, 1.165) is 17.8 Å². The van der Waals surface area contributed by atoms with Gasteiger partial charge in [-0.2, -0.15) is 0 Å². The Kier molecular flexibility index (Phi) is 3.83. The molecule has 0 aromatic heterocycles. The monoisotopic (exact) mass is 268 g/mol. The molecule has 0 spiro atoms. The summed E-state index contributed by atoms with van der Waals surface area (Å²) >= 11 is 0. The van der Waals surface area contributed by atoms with Crippen molar-refractivity contribution in [2.45, 2.75) is 70.4 Å². The van der Waals surface area contributed by atoms with Crippen molar-refractivity contribution in [3.63, 3.8) is 0 Å². The van der Waals surface area contributed by atoms with Gasteiger partial charge in [0, 0.05) is 5.54 Å². The molecule has 1 amide bonds. The first kappa shape index (κ1) is 14.6. The maximum absolute atomic E-state index is 10.0. The Hall–Kier alpha value is -0.770. The van der Waals surface area contributed by atoms with Crippen molar-refractivity contribution in [3.8, 4) is 0 Å². The summed E-state index contributed by atoms with van der Waals surface area (Å²) in [4.78, 5) is 10.0. The summed E-state index contributed by atoms with van der Waals surface area (Å²) in [5, 5.41) is 0. The minimum Gasteiger partial charge on any atom is -0.444 e. The van der Waals surface area contributed by atoms with Crippen LogP contribution in [0.15, 0.2) is 0 Å². The van der Waals surface area contributed by atoms with E-state index in [0.29, 0.717) is 5.54 Å². The molecule has 0 aromatic carbocycles. The molecule has 4 aliphatic carbocycles. The molecule has 4 N–H and O–H groups in total. The lowest BCUT2D eigenvalue weighted by molar-refractivity contribution is 0.000361. The predicted molar refractivity (Wildman–Crippen MR) is 75.5 cm³/mol. The Morgan fingerprint density at radius 1 is 1.05 bits per heavy atom. The molecule has 4 aliphatic rings. The average molecular weight is 268 g/mol. The van der Waals surface area contributed by atoms with E-state index in [1.807, 2.05) is 0 Å². The van der Waals surface area contributed by atoms with E-state index in [1.54, 1.807) is 20.8 Å². The zero-order chi connectivity index (χ0) is 14.3. The van der Waals surface area contributed by atoms with Crippen molar-refractivity contribution >= 4 is 6.09 Å². The third-order valence-electron chi connectivity index (χ3n) is 4.49. The Morgan fingerprint density at radius 2 is 1.42 bits per heavy atom. The highest BCUT2D eigenvalue weighted by atomic mass is 16.6. The van der Waals surface area contributed by atoms with Crippen LogP contribution in [0.2, 0.25) is 0 Å². The predicted octanol–water partition coefficient (Wildman–Crippen LogP) is 2.79. The van der Waals surface area contributed by atoms with E-state index < -0.39 is 11.7 Å². The number of hydrogen-bond donors (Lipinski definition) is 2. The second-order valence-electron chi connectivity index (χ2n) is 7.81. The molecule has 4 nitrogen and oxygen atoms in total. The minimum absolute atomic E-state index is 0.300. The quantitative estimate of drug-likeness (QED) is 0.709. The maximum Gasteiger partial charge on any atom is 0.405 e. The van der Waals surface area contributed by atoms with E-state index in [-0.39, 0.29) is 0 Å². The van der Waals surface area contributed by atoms with Crippen LogP contribution in [0.5, 0.6) is 0 Å². The summed E-state index contributed by atoms with van der Waals surface area (Å²) in [6.07, 6.45) is 7.85. The Morgan fingerprint density at radius 3 is 1.58 bits per heavy atom. The van der Waals surface area contributed by atoms with Gasteiger partial charge in [-0.15, -0.1) is 0 Å². The fourth-order valence-electron chi connectivity index (χ4n) is 4.48. The summed E-state index contributed by atoms with van der Waals surface area (Å²) < 4.78 is 4.58. The normalized spacial score (nSPS) is 39.5. The highest BCUT2D eigenvalue weighted by Gasteiger charge is 2.48. The molecule has 19 heavy (non-hydrogen) atoms. The van der Waals surface area contributed by atoms with Gasteiger partial charge in [0.1, 0.15) is 5.60 Å². The fourth-order valence-corrected chi connectivity index (χ4v) is 4.48. The second-order valence-corrected chi connectivity index (χ2v) is 7.81. The number of hydrogen-bond acceptors (Lipinski definition) is 3. The van der Waals surface area contributed by atoms with E-state index >= 15 is 0 Å². The second kappa shape index (κ2) is 4.97. The maximum atomic E-state index is 10.0. The van der Waals surface area contributed by atoms with Crippen LogP contribution >= 0.6 is 0 Å². The third kappa shape index (κ3) is 4.10. The average Bonchev–Trinajstić information content (AvgIpc) is 2.08. The van der Waals surface area contributed by atoms with Crippen LogP contribution in [0, 0.1) is 17.8 Å². The standard InChI is InChI=1S/C10H17N.C5H11NO2/c11-10-4-7-1-8(5-10)3-9(2-7)6-10;1-5(2,3)8-4(6)7/h7-9H,1-6,11H2;1-3H3,(H2,6,7). The van der Waals surface area contributed by atoms with Crippen LogP contribution in [0.3, 0.4) is 0 Å². The van der Waals surface area contributed by atoms with Crippen molar-refractivity contribution in [2.75, 3.05) is 0 Å². The Labute approximate surface area is 116 Å². The zero-order valence-electron chi connectivity index (χ0n) is 12.4. The molecule has 0 saturated heterocycles. The topological polar surface area (TPSA) is 78.3 Å². The van der Waals surface area contributed by atoms with Crippen LogP contribution in [0.25, 0.3) is 0 Å². The highest BCUT2D eigenvalue weighted by molar-refractivity contribution is 5.65. The molecular formula is C15H28N2O2. The molecule has 0 atom stereocenters. The molecule has 4 bridgehead atoms. The molecule has 0 radical (unpaired) electrons. The zero-order valence-corrected chi connectivity index (χ0v) is 12.4. The van der Waals surface area contributed by atoms with Crippen molar-refractivity contribution < 1.29 is 9.53 Å². The molecule has 0 aliphatic heterocycles.